The molecular formula is C6H14N2O. The first kappa shape index (κ1) is 6.99. The van der Waals surface area contributed by atoms with Crippen molar-refractivity contribution in [1.82, 2.24) is 10.2 Å². The van der Waals surface area contributed by atoms with Gasteiger partial charge in [0, 0.05) is 19.6 Å². The molecule has 0 aromatic carbocycles. The molecule has 3 nitrogen and oxygen atoms in total. The van der Waals surface area contributed by atoms with Gasteiger partial charge in [0.25, 0.3) is 0 Å². The molecule has 2 N–H and O–H groups in total. The number of rotatable bonds is 2. The molecule has 0 radical (unpaired) electrons. The van der Waals surface area contributed by atoms with Crippen LogP contribution in [0.2, 0.25) is 0 Å². The maximum atomic E-state index is 9.48. The number of nitrogens with zero attached hydrogens (tertiary/aromatic N) is 1. The van der Waals surface area contributed by atoms with Crippen LogP contribution in [0.5, 0.6) is 0 Å². The summed E-state index contributed by atoms with van der Waals surface area (Å²) in [6, 6.07) is 0. The number of nitrogens with one attached hydrogen (secondary N) is 1. The molecule has 0 amide bonds. The van der Waals surface area contributed by atoms with Crippen molar-refractivity contribution in [1.29, 1.82) is 0 Å². The second-order valence-electron chi connectivity index (χ2n) is 3.07. The molecule has 0 spiro atoms. The average Bonchev–Trinajstić information content (AvgIpc) is 1.60. The molecule has 0 aliphatic carbocycles. The summed E-state index contributed by atoms with van der Waals surface area (Å²) in [5, 5.41) is 12.5. The van der Waals surface area contributed by atoms with Crippen LogP contribution in [-0.2, 0) is 0 Å². The summed E-state index contributed by atoms with van der Waals surface area (Å²) in [7, 11) is 3.94. The lowest BCUT2D eigenvalue weighted by Crippen LogP contribution is -2.63. The van der Waals surface area contributed by atoms with Crippen LogP contribution in [0.3, 0.4) is 0 Å². The Bertz CT molecular complexity index is 99.2. The van der Waals surface area contributed by atoms with Crippen LogP contribution < -0.4 is 5.32 Å². The van der Waals surface area contributed by atoms with E-state index in [0.717, 1.165) is 19.6 Å². The van der Waals surface area contributed by atoms with Crippen molar-refractivity contribution in [2.45, 2.75) is 5.60 Å². The first-order valence-corrected chi connectivity index (χ1v) is 3.20. The van der Waals surface area contributed by atoms with Gasteiger partial charge >= 0.3 is 0 Å². The van der Waals surface area contributed by atoms with Gasteiger partial charge in [-0.1, -0.05) is 0 Å². The smallest absolute Gasteiger partial charge is 0.102 e. The summed E-state index contributed by atoms with van der Waals surface area (Å²) in [6.45, 7) is 2.25. The van der Waals surface area contributed by atoms with E-state index in [9.17, 15) is 5.11 Å². The van der Waals surface area contributed by atoms with Gasteiger partial charge in [0.2, 0.25) is 0 Å². The van der Waals surface area contributed by atoms with Gasteiger partial charge in [-0.25, -0.2) is 0 Å². The quantitative estimate of drug-likeness (QED) is 0.497. The Kier molecular flexibility index (Phi) is 1.75. The highest BCUT2D eigenvalue weighted by Gasteiger charge is 2.34. The van der Waals surface area contributed by atoms with Crippen molar-refractivity contribution < 1.29 is 5.11 Å². The highest BCUT2D eigenvalue weighted by molar-refractivity contribution is 4.94. The Morgan fingerprint density at radius 2 is 2.11 bits per heavy atom. The lowest BCUT2D eigenvalue weighted by atomic mass is 9.97. The molecule has 3 heteroatoms. The Morgan fingerprint density at radius 3 is 2.22 bits per heavy atom. The van der Waals surface area contributed by atoms with Crippen molar-refractivity contribution in [3.8, 4) is 0 Å². The number of aliphatic hydroxyl groups is 1. The Balaban J connectivity index is 2.24. The Labute approximate surface area is 55.7 Å². The van der Waals surface area contributed by atoms with E-state index in [2.05, 4.69) is 5.32 Å². The van der Waals surface area contributed by atoms with Crippen LogP contribution in [0.25, 0.3) is 0 Å². The summed E-state index contributed by atoms with van der Waals surface area (Å²) in [6.07, 6.45) is 0. The standard InChI is InChI=1S/C6H14N2O/c1-8(2)5-6(9)3-7-4-6/h7,9H,3-5H2,1-2H3. The molecule has 1 heterocycles. The number of β-amino-alcohol motifs (C(OH)–C–C–N with tert-alkyl or cyclic N) is 1. The van der Waals surface area contributed by atoms with E-state index in [1.807, 2.05) is 19.0 Å². The third-order valence-electron chi connectivity index (χ3n) is 1.52. The monoisotopic (exact) mass is 130 g/mol. The van der Waals surface area contributed by atoms with E-state index < -0.39 is 5.60 Å². The number of hydrogen-bond acceptors (Lipinski definition) is 3. The van der Waals surface area contributed by atoms with Gasteiger partial charge in [-0.05, 0) is 14.1 Å². The van der Waals surface area contributed by atoms with Crippen molar-refractivity contribution in [3.05, 3.63) is 0 Å². The predicted octanol–water partition coefficient (Wildman–Crippen LogP) is -1.12. The molecule has 0 aromatic rings. The van der Waals surface area contributed by atoms with Crippen LogP contribution in [0.15, 0.2) is 0 Å². The summed E-state index contributed by atoms with van der Waals surface area (Å²) < 4.78 is 0. The molecule has 1 aliphatic rings. The normalized spacial score (nSPS) is 24.0. The number of hydrogen-bond donors (Lipinski definition) is 2. The summed E-state index contributed by atoms with van der Waals surface area (Å²) in [4.78, 5) is 2.00. The summed E-state index contributed by atoms with van der Waals surface area (Å²) in [5.74, 6) is 0. The number of likely N-dealkylation sites (N-methyl/N-ethyl adjacent to an activating group) is 1. The highest BCUT2D eigenvalue weighted by Crippen LogP contribution is 2.09. The molecule has 0 atom stereocenters. The van der Waals surface area contributed by atoms with E-state index in [0.29, 0.717) is 0 Å². The van der Waals surface area contributed by atoms with Crippen molar-refractivity contribution >= 4 is 0 Å². The van der Waals surface area contributed by atoms with Gasteiger partial charge in [-0.2, -0.15) is 0 Å². The summed E-state index contributed by atoms with van der Waals surface area (Å²) in [5.41, 5.74) is -0.441. The van der Waals surface area contributed by atoms with Gasteiger partial charge in [-0.15, -0.1) is 0 Å². The fourth-order valence-corrected chi connectivity index (χ4v) is 1.11. The molecule has 0 aromatic heterocycles. The van der Waals surface area contributed by atoms with Gasteiger partial charge in [0.05, 0.1) is 0 Å². The zero-order valence-corrected chi connectivity index (χ0v) is 6.02. The molecule has 9 heavy (non-hydrogen) atoms. The second kappa shape index (κ2) is 2.25. The van der Waals surface area contributed by atoms with Crippen LogP contribution >= 0.6 is 0 Å². The molecule has 54 valence electrons. The lowest BCUT2D eigenvalue weighted by Gasteiger charge is -2.39. The largest absolute Gasteiger partial charge is 0.386 e. The third-order valence-corrected chi connectivity index (χ3v) is 1.52. The molecule has 1 saturated heterocycles. The van der Waals surface area contributed by atoms with E-state index in [4.69, 9.17) is 0 Å². The van der Waals surface area contributed by atoms with Crippen molar-refractivity contribution in [2.75, 3.05) is 33.7 Å². The average molecular weight is 130 g/mol. The molecule has 1 aliphatic heterocycles. The Morgan fingerprint density at radius 1 is 1.56 bits per heavy atom. The second-order valence-corrected chi connectivity index (χ2v) is 3.07. The Hall–Kier alpha value is -0.120. The topological polar surface area (TPSA) is 35.5 Å². The van der Waals surface area contributed by atoms with Crippen molar-refractivity contribution in [3.63, 3.8) is 0 Å². The fourth-order valence-electron chi connectivity index (χ4n) is 1.11. The van der Waals surface area contributed by atoms with Crippen molar-refractivity contribution in [2.24, 2.45) is 0 Å². The zero-order chi connectivity index (χ0) is 6.91. The molecule has 0 bridgehead atoms. The molecular weight excluding hydrogens is 116 g/mol. The van der Waals surface area contributed by atoms with Crippen LogP contribution in [0.1, 0.15) is 0 Å². The van der Waals surface area contributed by atoms with Crippen LogP contribution in [-0.4, -0.2) is 49.3 Å². The summed E-state index contributed by atoms with van der Waals surface area (Å²) >= 11 is 0. The first-order chi connectivity index (χ1) is 4.12. The highest BCUT2D eigenvalue weighted by atomic mass is 16.3. The third kappa shape index (κ3) is 1.64. The van der Waals surface area contributed by atoms with Gasteiger partial charge < -0.3 is 15.3 Å². The predicted molar refractivity (Wildman–Crippen MR) is 36.4 cm³/mol. The molecule has 1 fully saturated rings. The zero-order valence-electron chi connectivity index (χ0n) is 6.02. The van der Waals surface area contributed by atoms with Gasteiger partial charge in [-0.3, -0.25) is 0 Å². The molecule has 0 unspecified atom stereocenters. The maximum Gasteiger partial charge on any atom is 0.102 e. The molecule has 0 saturated carbocycles. The van der Waals surface area contributed by atoms with E-state index in [1.54, 1.807) is 0 Å². The van der Waals surface area contributed by atoms with Gasteiger partial charge in [0.1, 0.15) is 5.60 Å². The maximum absolute atomic E-state index is 9.48. The van der Waals surface area contributed by atoms with E-state index >= 15 is 0 Å². The fraction of sp³-hybridized carbons (Fsp3) is 1.00. The minimum Gasteiger partial charge on any atom is -0.386 e. The minimum atomic E-state index is -0.441. The van der Waals surface area contributed by atoms with E-state index in [-0.39, 0.29) is 0 Å². The lowest BCUT2D eigenvalue weighted by molar-refractivity contribution is -0.0285. The van der Waals surface area contributed by atoms with Crippen LogP contribution in [0, 0.1) is 0 Å². The minimum absolute atomic E-state index is 0.441. The molecule has 1 rings (SSSR count). The SMILES string of the molecule is CN(C)CC1(O)CNC1. The van der Waals surface area contributed by atoms with Crippen LogP contribution in [0.4, 0.5) is 0 Å². The van der Waals surface area contributed by atoms with E-state index in [1.165, 1.54) is 0 Å². The first-order valence-electron chi connectivity index (χ1n) is 3.20. The van der Waals surface area contributed by atoms with Gasteiger partial charge in [0.15, 0.2) is 0 Å².